The standard InChI is InChI=1S/C20H27N7O/c1-13-5-6-25(13)19-18-21-7-14(2)26(18)10-16(23-19)15-8-22-27(9-15)20(3)12-24(4)11-17(20)28/h7-10,13,17,28H,5-6,11-12H2,1-4H3/t13?,17-,20-/m0/s1. The molecule has 2 aliphatic rings. The molecule has 0 bridgehead atoms. The maximum absolute atomic E-state index is 10.6. The summed E-state index contributed by atoms with van der Waals surface area (Å²) < 4.78 is 4.01. The number of aliphatic hydroxyl groups excluding tert-OH is 1. The van der Waals surface area contributed by atoms with Gasteiger partial charge in [-0.2, -0.15) is 5.10 Å². The summed E-state index contributed by atoms with van der Waals surface area (Å²) in [7, 11) is 2.02. The molecule has 3 atom stereocenters. The molecule has 3 aromatic heterocycles. The van der Waals surface area contributed by atoms with E-state index in [1.165, 1.54) is 6.42 Å². The van der Waals surface area contributed by atoms with Crippen molar-refractivity contribution in [3.8, 4) is 11.3 Å². The van der Waals surface area contributed by atoms with Crippen LogP contribution in [-0.2, 0) is 5.54 Å². The molecule has 28 heavy (non-hydrogen) atoms. The van der Waals surface area contributed by atoms with Crippen molar-refractivity contribution >= 4 is 11.5 Å². The molecule has 0 aromatic carbocycles. The zero-order chi connectivity index (χ0) is 19.6. The number of imidazole rings is 1. The average Bonchev–Trinajstić information content (AvgIpc) is 3.33. The molecule has 0 radical (unpaired) electrons. The average molecular weight is 381 g/mol. The van der Waals surface area contributed by atoms with E-state index in [-0.39, 0.29) is 0 Å². The molecular formula is C20H27N7O. The summed E-state index contributed by atoms with van der Waals surface area (Å²) in [5.41, 5.74) is 3.38. The van der Waals surface area contributed by atoms with Gasteiger partial charge in [-0.1, -0.05) is 0 Å². The van der Waals surface area contributed by atoms with Crippen LogP contribution in [0.2, 0.25) is 0 Å². The van der Waals surface area contributed by atoms with Gasteiger partial charge in [0.05, 0.1) is 23.5 Å². The van der Waals surface area contributed by atoms with Gasteiger partial charge in [-0.25, -0.2) is 9.97 Å². The van der Waals surface area contributed by atoms with E-state index in [9.17, 15) is 5.11 Å². The first-order valence-corrected chi connectivity index (χ1v) is 9.90. The van der Waals surface area contributed by atoms with Crippen molar-refractivity contribution in [3.05, 3.63) is 30.5 Å². The van der Waals surface area contributed by atoms with E-state index < -0.39 is 11.6 Å². The molecule has 5 heterocycles. The molecule has 0 spiro atoms. The van der Waals surface area contributed by atoms with Gasteiger partial charge < -0.3 is 14.9 Å². The van der Waals surface area contributed by atoms with E-state index in [1.807, 2.05) is 36.5 Å². The number of β-amino-alcohol motifs (C(OH)–C–C–N with tert-alkyl or cyclic N) is 1. The number of rotatable bonds is 3. The highest BCUT2D eigenvalue weighted by Gasteiger charge is 2.43. The van der Waals surface area contributed by atoms with Gasteiger partial charge in [-0.05, 0) is 34.2 Å². The smallest absolute Gasteiger partial charge is 0.180 e. The summed E-state index contributed by atoms with van der Waals surface area (Å²) in [5, 5.41) is 15.1. The van der Waals surface area contributed by atoms with Gasteiger partial charge in [0.25, 0.3) is 0 Å². The van der Waals surface area contributed by atoms with Crippen LogP contribution in [0.3, 0.4) is 0 Å². The van der Waals surface area contributed by atoms with Crippen LogP contribution in [0.4, 0.5) is 5.82 Å². The number of likely N-dealkylation sites (N-methyl/N-ethyl adjacent to an activating group) is 1. The fourth-order valence-corrected chi connectivity index (χ4v) is 4.42. The van der Waals surface area contributed by atoms with E-state index in [1.54, 1.807) is 0 Å². The Kier molecular flexibility index (Phi) is 3.79. The van der Waals surface area contributed by atoms with Crippen LogP contribution in [0.15, 0.2) is 24.8 Å². The lowest BCUT2D eigenvalue weighted by Crippen LogP contribution is -2.46. The molecule has 0 saturated carbocycles. The Hall–Kier alpha value is -2.45. The van der Waals surface area contributed by atoms with E-state index in [4.69, 9.17) is 4.98 Å². The molecule has 0 aliphatic carbocycles. The molecule has 5 rings (SSSR count). The first-order chi connectivity index (χ1) is 13.4. The third-order valence-electron chi connectivity index (χ3n) is 6.45. The summed E-state index contributed by atoms with van der Waals surface area (Å²) in [6.45, 7) is 8.76. The van der Waals surface area contributed by atoms with Crippen molar-refractivity contribution in [3.63, 3.8) is 0 Å². The fourth-order valence-electron chi connectivity index (χ4n) is 4.42. The Labute approximate surface area is 164 Å². The van der Waals surface area contributed by atoms with Crippen LogP contribution in [0.1, 0.15) is 26.0 Å². The van der Waals surface area contributed by atoms with Crippen LogP contribution in [0, 0.1) is 6.92 Å². The molecule has 1 N–H and O–H groups in total. The summed E-state index contributed by atoms with van der Waals surface area (Å²) in [5.74, 6) is 0.934. The number of hydrogen-bond acceptors (Lipinski definition) is 6. The minimum atomic E-state index is -0.450. The highest BCUT2D eigenvalue weighted by molar-refractivity contribution is 5.71. The van der Waals surface area contributed by atoms with E-state index in [0.29, 0.717) is 12.6 Å². The largest absolute Gasteiger partial charge is 0.389 e. The van der Waals surface area contributed by atoms with E-state index in [0.717, 1.165) is 41.5 Å². The maximum Gasteiger partial charge on any atom is 0.180 e. The van der Waals surface area contributed by atoms with Crippen LogP contribution < -0.4 is 4.90 Å². The Balaban J connectivity index is 1.59. The van der Waals surface area contributed by atoms with Crippen molar-refractivity contribution in [1.82, 2.24) is 29.0 Å². The molecule has 2 saturated heterocycles. The van der Waals surface area contributed by atoms with Gasteiger partial charge in [-0.3, -0.25) is 9.08 Å². The van der Waals surface area contributed by atoms with Crippen LogP contribution >= 0.6 is 0 Å². The lowest BCUT2D eigenvalue weighted by Gasteiger charge is -2.39. The quantitative estimate of drug-likeness (QED) is 0.742. The monoisotopic (exact) mass is 381 g/mol. The van der Waals surface area contributed by atoms with Gasteiger partial charge >= 0.3 is 0 Å². The Bertz CT molecular complexity index is 1040. The molecule has 8 nitrogen and oxygen atoms in total. The van der Waals surface area contributed by atoms with Crippen molar-refractivity contribution < 1.29 is 5.11 Å². The maximum atomic E-state index is 10.6. The van der Waals surface area contributed by atoms with Crippen molar-refractivity contribution in [2.45, 2.75) is 44.9 Å². The van der Waals surface area contributed by atoms with E-state index >= 15 is 0 Å². The molecule has 2 fully saturated rings. The normalized spacial score (nSPS) is 28.2. The number of likely N-dealkylation sites (tertiary alicyclic amines) is 1. The Morgan fingerprint density at radius 1 is 1.25 bits per heavy atom. The second-order valence-electron chi connectivity index (χ2n) is 8.62. The molecule has 8 heteroatoms. The second-order valence-corrected chi connectivity index (χ2v) is 8.62. The summed E-state index contributed by atoms with van der Waals surface area (Å²) in [6.07, 6.45) is 8.51. The first-order valence-electron chi connectivity index (χ1n) is 9.90. The predicted molar refractivity (Wildman–Crippen MR) is 108 cm³/mol. The fraction of sp³-hybridized carbons (Fsp3) is 0.550. The van der Waals surface area contributed by atoms with E-state index in [2.05, 4.69) is 45.1 Å². The lowest BCUT2D eigenvalue weighted by atomic mass is 9.99. The highest BCUT2D eigenvalue weighted by atomic mass is 16.3. The SMILES string of the molecule is Cc1cnc2c(N3CCC3C)nc(-c3cnn([C@@]4(C)CN(C)C[C@@H]4O)c3)cn12. The molecule has 3 aromatic rings. The van der Waals surface area contributed by atoms with Crippen LogP contribution in [0.5, 0.6) is 0 Å². The first kappa shape index (κ1) is 17.6. The number of aryl methyl sites for hydroxylation is 1. The minimum Gasteiger partial charge on any atom is -0.389 e. The zero-order valence-corrected chi connectivity index (χ0v) is 16.9. The van der Waals surface area contributed by atoms with Crippen molar-refractivity contribution in [1.29, 1.82) is 0 Å². The summed E-state index contributed by atoms with van der Waals surface area (Å²) in [6, 6.07) is 0.481. The third kappa shape index (κ3) is 2.48. The predicted octanol–water partition coefficient (Wildman–Crippen LogP) is 1.52. The summed E-state index contributed by atoms with van der Waals surface area (Å²) in [4.78, 5) is 14.0. The Morgan fingerprint density at radius 2 is 2.07 bits per heavy atom. The number of fused-ring (bicyclic) bond motifs is 1. The van der Waals surface area contributed by atoms with Crippen molar-refractivity contribution in [2.75, 3.05) is 31.6 Å². The third-order valence-corrected chi connectivity index (χ3v) is 6.45. The van der Waals surface area contributed by atoms with Gasteiger partial charge in [0.1, 0.15) is 0 Å². The number of anilines is 1. The summed E-state index contributed by atoms with van der Waals surface area (Å²) >= 11 is 0. The number of aromatic nitrogens is 5. The molecule has 1 unspecified atom stereocenters. The molecular weight excluding hydrogens is 354 g/mol. The van der Waals surface area contributed by atoms with Gasteiger partial charge in [0.2, 0.25) is 0 Å². The molecule has 0 amide bonds. The van der Waals surface area contributed by atoms with Crippen molar-refractivity contribution in [2.24, 2.45) is 0 Å². The number of aliphatic hydroxyl groups is 1. The number of nitrogens with zero attached hydrogens (tertiary/aromatic N) is 7. The Morgan fingerprint density at radius 3 is 2.71 bits per heavy atom. The minimum absolute atomic E-state index is 0.434. The molecule has 2 aliphatic heterocycles. The highest BCUT2D eigenvalue weighted by Crippen LogP contribution is 2.33. The van der Waals surface area contributed by atoms with Crippen LogP contribution in [0.25, 0.3) is 16.9 Å². The lowest BCUT2D eigenvalue weighted by molar-refractivity contribution is 0.0803. The van der Waals surface area contributed by atoms with Gasteiger partial charge in [-0.15, -0.1) is 0 Å². The number of hydrogen-bond donors (Lipinski definition) is 1. The second kappa shape index (κ2) is 6.02. The zero-order valence-electron chi connectivity index (χ0n) is 16.9. The van der Waals surface area contributed by atoms with Gasteiger partial charge in [0, 0.05) is 55.5 Å². The molecule has 148 valence electrons. The topological polar surface area (TPSA) is 74.7 Å². The van der Waals surface area contributed by atoms with Gasteiger partial charge in [0.15, 0.2) is 11.5 Å². The van der Waals surface area contributed by atoms with Crippen LogP contribution in [-0.4, -0.2) is 73.0 Å².